The molecule has 0 radical (unpaired) electrons. The van der Waals surface area contributed by atoms with Crippen molar-refractivity contribution in [3.05, 3.63) is 45.0 Å². The van der Waals surface area contributed by atoms with E-state index in [9.17, 15) is 4.79 Å². The van der Waals surface area contributed by atoms with Crippen LogP contribution in [0.15, 0.2) is 24.3 Å². The molecule has 0 saturated heterocycles. The molecule has 134 valence electrons. The number of halogens is 3. The van der Waals surface area contributed by atoms with E-state index in [1.54, 1.807) is 24.3 Å². The summed E-state index contributed by atoms with van der Waals surface area (Å²) in [6.07, 6.45) is 0. The van der Waals surface area contributed by atoms with Crippen LogP contribution in [0.1, 0.15) is 24.3 Å². The summed E-state index contributed by atoms with van der Waals surface area (Å²) in [5.41, 5.74) is 7.37. The zero-order chi connectivity index (χ0) is 18.6. The van der Waals surface area contributed by atoms with Crippen LogP contribution in [0.25, 0.3) is 11.1 Å². The summed E-state index contributed by atoms with van der Waals surface area (Å²) in [6, 6.07) is 6.82. The number of amides is 1. The van der Waals surface area contributed by atoms with Gasteiger partial charge in [0.25, 0.3) is 5.91 Å². The summed E-state index contributed by atoms with van der Waals surface area (Å²) in [6.45, 7) is 5.25. The van der Waals surface area contributed by atoms with Gasteiger partial charge in [-0.2, -0.15) is 0 Å². The summed E-state index contributed by atoms with van der Waals surface area (Å²) in [5, 5.41) is 7.08. The lowest BCUT2D eigenvalue weighted by Crippen LogP contribution is -2.35. The first-order valence-electron chi connectivity index (χ1n) is 7.72. The fourth-order valence-electron chi connectivity index (χ4n) is 2.21. The Morgan fingerprint density at radius 3 is 2.52 bits per heavy atom. The van der Waals surface area contributed by atoms with Gasteiger partial charge in [-0.25, -0.2) is 4.98 Å². The summed E-state index contributed by atoms with van der Waals surface area (Å²) < 4.78 is 0. The Morgan fingerprint density at radius 2 is 1.88 bits per heavy atom. The third kappa shape index (κ3) is 5.22. The monoisotopic (exact) mass is 400 g/mol. The number of carbonyl (C=O) groups excluding carboxylic acids is 1. The van der Waals surface area contributed by atoms with Gasteiger partial charge in [-0.05, 0) is 24.3 Å². The van der Waals surface area contributed by atoms with Crippen LogP contribution in [0.5, 0.6) is 0 Å². The first kappa shape index (κ1) is 19.8. The van der Waals surface area contributed by atoms with Crippen LogP contribution < -0.4 is 16.4 Å². The van der Waals surface area contributed by atoms with Crippen molar-refractivity contribution in [2.75, 3.05) is 18.8 Å². The van der Waals surface area contributed by atoms with Gasteiger partial charge in [0, 0.05) is 35.3 Å². The number of nitrogen functional groups attached to an aromatic ring is 1. The van der Waals surface area contributed by atoms with Crippen LogP contribution >= 0.6 is 34.8 Å². The lowest BCUT2D eigenvalue weighted by atomic mass is 10.1. The molecule has 0 aliphatic heterocycles. The van der Waals surface area contributed by atoms with E-state index in [2.05, 4.69) is 15.6 Å². The van der Waals surface area contributed by atoms with Crippen LogP contribution in [0.2, 0.25) is 15.1 Å². The molecule has 2 aromatic rings. The number of benzene rings is 1. The van der Waals surface area contributed by atoms with E-state index in [0.29, 0.717) is 45.3 Å². The van der Waals surface area contributed by atoms with E-state index in [-0.39, 0.29) is 17.4 Å². The van der Waals surface area contributed by atoms with Gasteiger partial charge in [0.15, 0.2) is 0 Å². The smallest absolute Gasteiger partial charge is 0.270 e. The Labute approximate surface area is 161 Å². The Hall–Kier alpha value is -1.53. The van der Waals surface area contributed by atoms with Crippen molar-refractivity contribution >= 4 is 46.5 Å². The highest BCUT2D eigenvalue weighted by molar-refractivity contribution is 6.45. The largest absolute Gasteiger partial charge is 0.383 e. The van der Waals surface area contributed by atoms with E-state index in [4.69, 9.17) is 40.5 Å². The molecule has 4 N–H and O–H groups in total. The minimum Gasteiger partial charge on any atom is -0.383 e. The summed E-state index contributed by atoms with van der Waals surface area (Å²) >= 11 is 18.3. The predicted molar refractivity (Wildman–Crippen MR) is 105 cm³/mol. The maximum absolute atomic E-state index is 12.1. The molecule has 0 spiro atoms. The van der Waals surface area contributed by atoms with Crippen molar-refractivity contribution in [1.29, 1.82) is 0 Å². The van der Waals surface area contributed by atoms with Crippen molar-refractivity contribution in [2.45, 2.75) is 19.9 Å². The molecule has 0 saturated carbocycles. The number of aromatic nitrogens is 1. The van der Waals surface area contributed by atoms with Gasteiger partial charge in [0.2, 0.25) is 0 Å². The Morgan fingerprint density at radius 1 is 1.16 bits per heavy atom. The maximum Gasteiger partial charge on any atom is 0.270 e. The molecule has 5 nitrogen and oxygen atoms in total. The van der Waals surface area contributed by atoms with E-state index in [1.165, 1.54) is 0 Å². The van der Waals surface area contributed by atoms with Crippen molar-refractivity contribution < 1.29 is 4.79 Å². The molecule has 0 unspecified atom stereocenters. The first-order chi connectivity index (χ1) is 11.8. The second-order valence-electron chi connectivity index (χ2n) is 5.74. The molecule has 1 amide bonds. The van der Waals surface area contributed by atoms with Crippen LogP contribution in [0, 0.1) is 0 Å². The predicted octanol–water partition coefficient (Wildman–Crippen LogP) is 4.02. The average molecular weight is 402 g/mol. The third-order valence-corrected chi connectivity index (χ3v) is 4.42. The van der Waals surface area contributed by atoms with Gasteiger partial charge in [-0.3, -0.25) is 4.79 Å². The number of rotatable bonds is 6. The molecule has 25 heavy (non-hydrogen) atoms. The molecule has 0 fully saturated rings. The van der Waals surface area contributed by atoms with Crippen LogP contribution in [0.3, 0.4) is 0 Å². The van der Waals surface area contributed by atoms with Gasteiger partial charge in [-0.15, -0.1) is 0 Å². The van der Waals surface area contributed by atoms with Gasteiger partial charge in [0.1, 0.15) is 11.5 Å². The molecule has 1 aromatic carbocycles. The van der Waals surface area contributed by atoms with Gasteiger partial charge in [-0.1, -0.05) is 48.7 Å². The zero-order valence-electron chi connectivity index (χ0n) is 13.9. The molecule has 0 aliphatic rings. The van der Waals surface area contributed by atoms with E-state index < -0.39 is 0 Å². The van der Waals surface area contributed by atoms with Crippen molar-refractivity contribution in [3.8, 4) is 11.1 Å². The fourth-order valence-corrected chi connectivity index (χ4v) is 2.91. The SMILES string of the molecule is CC(C)NCCNC(=O)c1ccc(-c2cc(Cl)cc(Cl)c2Cl)c(N)n1. The number of hydrogen-bond donors (Lipinski definition) is 3. The average Bonchev–Trinajstić information content (AvgIpc) is 2.54. The molecule has 1 heterocycles. The lowest BCUT2D eigenvalue weighted by molar-refractivity contribution is 0.0949. The van der Waals surface area contributed by atoms with E-state index in [1.807, 2.05) is 13.8 Å². The number of nitrogens with zero attached hydrogens (tertiary/aromatic N) is 1. The number of hydrogen-bond acceptors (Lipinski definition) is 4. The standard InChI is InChI=1S/C17H19Cl3N4O/c1-9(2)22-5-6-23-17(25)14-4-3-11(16(21)24-14)12-7-10(18)8-13(19)15(12)20/h3-4,7-9,22H,5-6H2,1-2H3,(H2,21,24)(H,23,25). The highest BCUT2D eigenvalue weighted by atomic mass is 35.5. The molecule has 0 aliphatic carbocycles. The quantitative estimate of drug-likeness (QED) is 0.504. The summed E-state index contributed by atoms with van der Waals surface area (Å²) in [7, 11) is 0. The minimum absolute atomic E-state index is 0.174. The van der Waals surface area contributed by atoms with Crippen LogP contribution in [-0.2, 0) is 0 Å². The summed E-state index contributed by atoms with van der Waals surface area (Å²) in [5.74, 6) is -0.118. The molecular formula is C17H19Cl3N4O. The van der Waals surface area contributed by atoms with Gasteiger partial charge < -0.3 is 16.4 Å². The summed E-state index contributed by atoms with van der Waals surface area (Å²) in [4.78, 5) is 16.3. The first-order valence-corrected chi connectivity index (χ1v) is 8.86. The van der Waals surface area contributed by atoms with Crippen molar-refractivity contribution in [3.63, 3.8) is 0 Å². The molecule has 0 bridgehead atoms. The number of nitrogens with one attached hydrogen (secondary N) is 2. The third-order valence-electron chi connectivity index (χ3n) is 3.40. The number of nitrogens with two attached hydrogens (primary N) is 1. The number of anilines is 1. The maximum atomic E-state index is 12.1. The second kappa shape index (κ2) is 8.72. The molecular weight excluding hydrogens is 383 g/mol. The molecule has 2 rings (SSSR count). The van der Waals surface area contributed by atoms with Crippen molar-refractivity contribution in [1.82, 2.24) is 15.6 Å². The Kier molecular flexibility index (Phi) is 6.90. The highest BCUT2D eigenvalue weighted by Gasteiger charge is 2.15. The van der Waals surface area contributed by atoms with Crippen molar-refractivity contribution in [2.24, 2.45) is 0 Å². The number of carbonyl (C=O) groups is 1. The lowest BCUT2D eigenvalue weighted by Gasteiger charge is -2.12. The molecule has 8 heteroatoms. The zero-order valence-corrected chi connectivity index (χ0v) is 16.1. The normalized spacial score (nSPS) is 11.0. The highest BCUT2D eigenvalue weighted by Crippen LogP contribution is 2.38. The van der Waals surface area contributed by atoms with Crippen LogP contribution in [0.4, 0.5) is 5.82 Å². The van der Waals surface area contributed by atoms with E-state index in [0.717, 1.165) is 0 Å². The minimum atomic E-state index is -0.293. The second-order valence-corrected chi connectivity index (χ2v) is 6.96. The van der Waals surface area contributed by atoms with Gasteiger partial charge >= 0.3 is 0 Å². The van der Waals surface area contributed by atoms with E-state index >= 15 is 0 Å². The van der Waals surface area contributed by atoms with Crippen LogP contribution in [-0.4, -0.2) is 30.0 Å². The Bertz CT molecular complexity index is 781. The molecule has 1 aromatic heterocycles. The molecule has 0 atom stereocenters. The number of pyridine rings is 1. The topological polar surface area (TPSA) is 80.0 Å². The Balaban J connectivity index is 2.17. The van der Waals surface area contributed by atoms with Gasteiger partial charge in [0.05, 0.1) is 10.0 Å². The fraction of sp³-hybridized carbons (Fsp3) is 0.294.